The van der Waals surface area contributed by atoms with E-state index in [9.17, 15) is 4.79 Å². The number of para-hydroxylation sites is 1. The number of piperazine rings is 1. The molecule has 0 radical (unpaired) electrons. The molecule has 0 unspecified atom stereocenters. The van der Waals surface area contributed by atoms with Gasteiger partial charge < -0.3 is 4.90 Å². The van der Waals surface area contributed by atoms with Crippen molar-refractivity contribution in [3.63, 3.8) is 0 Å². The van der Waals surface area contributed by atoms with E-state index >= 15 is 0 Å². The number of rotatable bonds is 4. The molecular formula is C26H26ClN5O. The number of pyridine rings is 1. The van der Waals surface area contributed by atoms with E-state index in [-0.39, 0.29) is 5.91 Å². The van der Waals surface area contributed by atoms with Gasteiger partial charge in [0.25, 0.3) is 5.91 Å². The van der Waals surface area contributed by atoms with Gasteiger partial charge in [-0.15, -0.1) is 0 Å². The maximum atomic E-state index is 13.6. The Bertz CT molecular complexity index is 1320. The standard InChI is InChI=1S/C26H26ClN5O/c1-18-23(17-30(2)29-18)25-15-22(21-8-3-4-9-24(21)28-25)26(33)32-12-10-31(11-13-32)16-19-6-5-7-20(27)14-19/h3-9,14-15,17H,10-13,16H2,1-2H3. The van der Waals surface area contributed by atoms with Crippen LogP contribution >= 0.6 is 11.6 Å². The van der Waals surface area contributed by atoms with Crippen molar-refractivity contribution in [3.05, 3.63) is 82.6 Å². The highest BCUT2D eigenvalue weighted by atomic mass is 35.5. The van der Waals surface area contributed by atoms with Gasteiger partial charge in [-0.2, -0.15) is 5.10 Å². The third-order valence-corrected chi connectivity index (χ3v) is 6.43. The van der Waals surface area contributed by atoms with Crippen LogP contribution in [0.4, 0.5) is 0 Å². The minimum atomic E-state index is 0.0544. The summed E-state index contributed by atoms with van der Waals surface area (Å²) in [5, 5.41) is 6.09. The molecule has 1 aliphatic heterocycles. The second-order valence-corrected chi connectivity index (χ2v) is 9.01. The van der Waals surface area contributed by atoms with E-state index in [1.165, 1.54) is 5.56 Å². The molecule has 5 rings (SSSR count). The molecular weight excluding hydrogens is 434 g/mol. The first-order valence-electron chi connectivity index (χ1n) is 11.1. The molecule has 168 valence electrons. The molecule has 33 heavy (non-hydrogen) atoms. The minimum Gasteiger partial charge on any atom is -0.336 e. The Morgan fingerprint density at radius 2 is 1.82 bits per heavy atom. The van der Waals surface area contributed by atoms with Gasteiger partial charge in [0.2, 0.25) is 0 Å². The van der Waals surface area contributed by atoms with Crippen LogP contribution in [0, 0.1) is 6.92 Å². The molecule has 2 aromatic heterocycles. The summed E-state index contributed by atoms with van der Waals surface area (Å²) in [5.74, 6) is 0.0544. The van der Waals surface area contributed by atoms with Crippen LogP contribution in [-0.4, -0.2) is 56.7 Å². The Morgan fingerprint density at radius 3 is 2.55 bits per heavy atom. The van der Waals surface area contributed by atoms with E-state index in [1.54, 1.807) is 4.68 Å². The number of aryl methyl sites for hydroxylation is 2. The van der Waals surface area contributed by atoms with E-state index in [4.69, 9.17) is 16.6 Å². The topological polar surface area (TPSA) is 54.3 Å². The number of fused-ring (bicyclic) bond motifs is 1. The molecule has 4 aromatic rings. The summed E-state index contributed by atoms with van der Waals surface area (Å²) in [7, 11) is 1.90. The highest BCUT2D eigenvalue weighted by Gasteiger charge is 2.25. The van der Waals surface area contributed by atoms with Crippen molar-refractivity contribution in [2.45, 2.75) is 13.5 Å². The number of hydrogen-bond acceptors (Lipinski definition) is 4. The van der Waals surface area contributed by atoms with Gasteiger partial charge in [0.15, 0.2) is 0 Å². The van der Waals surface area contributed by atoms with Crippen molar-refractivity contribution in [3.8, 4) is 11.3 Å². The van der Waals surface area contributed by atoms with Gasteiger partial charge in [-0.1, -0.05) is 41.9 Å². The largest absolute Gasteiger partial charge is 0.336 e. The molecule has 3 heterocycles. The predicted molar refractivity (Wildman–Crippen MR) is 131 cm³/mol. The SMILES string of the molecule is Cc1nn(C)cc1-c1cc(C(=O)N2CCN(Cc3cccc(Cl)c3)CC2)c2ccccc2n1. The number of hydrogen-bond donors (Lipinski definition) is 0. The van der Waals surface area contributed by atoms with Gasteiger partial charge in [0.05, 0.1) is 22.5 Å². The van der Waals surface area contributed by atoms with E-state index in [0.717, 1.165) is 52.5 Å². The highest BCUT2D eigenvalue weighted by Crippen LogP contribution is 2.28. The Kier molecular flexibility index (Phi) is 5.87. The minimum absolute atomic E-state index is 0.0544. The number of carbonyl (C=O) groups is 1. The first-order valence-corrected chi connectivity index (χ1v) is 11.5. The third kappa shape index (κ3) is 4.49. The van der Waals surface area contributed by atoms with Crippen LogP contribution in [0.15, 0.2) is 60.8 Å². The zero-order valence-electron chi connectivity index (χ0n) is 18.8. The monoisotopic (exact) mass is 459 g/mol. The van der Waals surface area contributed by atoms with Gasteiger partial charge in [-0.25, -0.2) is 4.98 Å². The van der Waals surface area contributed by atoms with Crippen LogP contribution < -0.4 is 0 Å². The summed E-state index contributed by atoms with van der Waals surface area (Å²) >= 11 is 6.13. The maximum absolute atomic E-state index is 13.6. The molecule has 6 nitrogen and oxygen atoms in total. The fourth-order valence-corrected chi connectivity index (χ4v) is 4.73. The summed E-state index contributed by atoms with van der Waals surface area (Å²) in [6, 6.07) is 17.7. The first-order chi connectivity index (χ1) is 16.0. The lowest BCUT2D eigenvalue weighted by atomic mass is 10.0. The molecule has 0 bridgehead atoms. The zero-order valence-corrected chi connectivity index (χ0v) is 19.6. The van der Waals surface area contributed by atoms with Gasteiger partial charge >= 0.3 is 0 Å². The number of aromatic nitrogens is 3. The van der Waals surface area contributed by atoms with Crippen molar-refractivity contribution in [2.24, 2.45) is 7.05 Å². The first kappa shape index (κ1) is 21.6. The summed E-state index contributed by atoms with van der Waals surface area (Å²) in [4.78, 5) is 22.8. The van der Waals surface area contributed by atoms with E-state index in [1.807, 2.05) is 73.6 Å². The fraction of sp³-hybridized carbons (Fsp3) is 0.269. The number of amides is 1. The fourth-order valence-electron chi connectivity index (χ4n) is 4.51. The Hall–Kier alpha value is -3.22. The molecule has 0 aliphatic carbocycles. The Morgan fingerprint density at radius 1 is 1.03 bits per heavy atom. The summed E-state index contributed by atoms with van der Waals surface area (Å²) in [5.41, 5.74) is 5.33. The van der Waals surface area contributed by atoms with Crippen LogP contribution in [0.3, 0.4) is 0 Å². The van der Waals surface area contributed by atoms with Crippen molar-refractivity contribution in [1.29, 1.82) is 0 Å². The number of carbonyl (C=O) groups excluding carboxylic acids is 1. The zero-order chi connectivity index (χ0) is 22.9. The number of nitrogens with zero attached hydrogens (tertiary/aromatic N) is 5. The van der Waals surface area contributed by atoms with Crippen LogP contribution in [0.1, 0.15) is 21.6 Å². The average molecular weight is 460 g/mol. The second kappa shape index (κ2) is 8.96. The Balaban J connectivity index is 1.39. The summed E-state index contributed by atoms with van der Waals surface area (Å²) in [6.45, 7) is 5.85. The molecule has 1 amide bonds. The molecule has 0 atom stereocenters. The Labute approximate surface area is 198 Å². The van der Waals surface area contributed by atoms with E-state index in [2.05, 4.69) is 16.1 Å². The van der Waals surface area contributed by atoms with Gasteiger partial charge in [-0.05, 0) is 36.8 Å². The van der Waals surface area contributed by atoms with Gasteiger partial charge in [0, 0.05) is 61.9 Å². The van der Waals surface area contributed by atoms with Gasteiger partial charge in [-0.3, -0.25) is 14.4 Å². The predicted octanol–water partition coefficient (Wildman–Crippen LogP) is 4.56. The quantitative estimate of drug-likeness (QED) is 0.449. The molecule has 1 saturated heterocycles. The van der Waals surface area contributed by atoms with E-state index < -0.39 is 0 Å². The van der Waals surface area contributed by atoms with Crippen molar-refractivity contribution >= 4 is 28.4 Å². The lowest BCUT2D eigenvalue weighted by molar-refractivity contribution is 0.0630. The average Bonchev–Trinajstić information content (AvgIpc) is 3.16. The van der Waals surface area contributed by atoms with Crippen LogP contribution in [0.5, 0.6) is 0 Å². The normalized spacial score (nSPS) is 14.7. The molecule has 2 aromatic carbocycles. The van der Waals surface area contributed by atoms with Crippen LogP contribution in [0.25, 0.3) is 22.2 Å². The lowest BCUT2D eigenvalue weighted by Gasteiger charge is -2.35. The van der Waals surface area contributed by atoms with Crippen molar-refractivity contribution in [1.82, 2.24) is 24.6 Å². The third-order valence-electron chi connectivity index (χ3n) is 6.19. The molecule has 0 spiro atoms. The van der Waals surface area contributed by atoms with E-state index in [0.29, 0.717) is 18.7 Å². The number of halogens is 1. The van der Waals surface area contributed by atoms with Gasteiger partial charge in [0.1, 0.15) is 0 Å². The molecule has 1 fully saturated rings. The van der Waals surface area contributed by atoms with Crippen molar-refractivity contribution in [2.75, 3.05) is 26.2 Å². The summed E-state index contributed by atoms with van der Waals surface area (Å²) < 4.78 is 1.78. The molecule has 0 saturated carbocycles. The van der Waals surface area contributed by atoms with Crippen LogP contribution in [-0.2, 0) is 13.6 Å². The number of benzene rings is 2. The van der Waals surface area contributed by atoms with Crippen molar-refractivity contribution < 1.29 is 4.79 Å². The molecule has 7 heteroatoms. The smallest absolute Gasteiger partial charge is 0.254 e. The van der Waals surface area contributed by atoms with Crippen LogP contribution in [0.2, 0.25) is 5.02 Å². The summed E-state index contributed by atoms with van der Waals surface area (Å²) in [6.07, 6.45) is 1.95. The molecule has 1 aliphatic rings. The second-order valence-electron chi connectivity index (χ2n) is 8.57. The molecule has 0 N–H and O–H groups in total. The lowest BCUT2D eigenvalue weighted by Crippen LogP contribution is -2.48. The highest BCUT2D eigenvalue weighted by molar-refractivity contribution is 6.30. The maximum Gasteiger partial charge on any atom is 0.254 e.